The molecule has 0 saturated carbocycles. The molecule has 0 aliphatic carbocycles. The Kier molecular flexibility index (Phi) is 10.5. The maximum Gasteiger partial charge on any atom is 0.418 e. The van der Waals surface area contributed by atoms with Gasteiger partial charge in [-0.3, -0.25) is 14.2 Å². The Labute approximate surface area is 158 Å². The minimum absolute atomic E-state index is 0.0708. The van der Waals surface area contributed by atoms with E-state index in [4.69, 9.17) is 20.7 Å². The number of ether oxygens (including phenoxy) is 1. The van der Waals surface area contributed by atoms with E-state index < -0.39 is 0 Å². The fourth-order valence-electron chi connectivity index (χ4n) is 2.45. The van der Waals surface area contributed by atoms with Crippen LogP contribution in [0.3, 0.4) is 0 Å². The van der Waals surface area contributed by atoms with Gasteiger partial charge in [-0.25, -0.2) is 0 Å². The third kappa shape index (κ3) is 8.03. The van der Waals surface area contributed by atoms with E-state index >= 15 is 0 Å². The van der Waals surface area contributed by atoms with Crippen molar-refractivity contribution in [1.82, 2.24) is 10.1 Å². The first kappa shape index (κ1) is 22.4. The van der Waals surface area contributed by atoms with Crippen LogP contribution in [0, 0.1) is 5.92 Å². The number of carbonyl (C=O) groups is 1. The minimum atomic E-state index is -0.206. The van der Waals surface area contributed by atoms with E-state index in [0.29, 0.717) is 6.42 Å². The summed E-state index contributed by atoms with van der Waals surface area (Å²) in [6.45, 7) is 4.16. The van der Waals surface area contributed by atoms with E-state index in [9.17, 15) is 9.90 Å². The van der Waals surface area contributed by atoms with E-state index in [1.165, 1.54) is 11.1 Å². The molecule has 0 radical (unpaired) electrons. The van der Waals surface area contributed by atoms with Gasteiger partial charge in [0.2, 0.25) is 11.9 Å². The zero-order valence-electron chi connectivity index (χ0n) is 15.9. The van der Waals surface area contributed by atoms with Crippen LogP contribution in [0.4, 0.5) is 5.95 Å². The van der Waals surface area contributed by atoms with Crippen molar-refractivity contribution < 1.29 is 19.2 Å². The maximum atomic E-state index is 12.8. The molecule has 0 bridgehead atoms. The molecule has 0 atom stereocenters. The molecule has 0 fully saturated rings. The molecule has 0 aliphatic rings. The summed E-state index contributed by atoms with van der Waals surface area (Å²) < 4.78 is 10.3. The number of rotatable bonds is 13. The van der Waals surface area contributed by atoms with Crippen molar-refractivity contribution >= 4 is 24.0 Å². The van der Waals surface area contributed by atoms with Crippen molar-refractivity contribution in [2.45, 2.75) is 46.0 Å². The van der Waals surface area contributed by atoms with Crippen LogP contribution in [0.5, 0.6) is 6.08 Å². The fraction of sp³-hybridized carbons (Fsp3) is 0.688. The lowest BCUT2D eigenvalue weighted by Gasteiger charge is -2.23. The lowest BCUT2D eigenvalue weighted by atomic mass is 9.97. The number of hydrogen-bond acceptors (Lipinski definition) is 8. The molecule has 5 N–H and O–H groups in total. The summed E-state index contributed by atoms with van der Waals surface area (Å²) in [7, 11) is 0. The van der Waals surface area contributed by atoms with Crippen molar-refractivity contribution in [3.8, 4) is 6.08 Å². The Morgan fingerprint density at radius 2 is 2.07 bits per heavy atom. The minimum Gasteiger partial charge on any atom is -0.448 e. The number of amides is 1. The van der Waals surface area contributed by atoms with Gasteiger partial charge in [0.05, 0.1) is 19.8 Å². The average Bonchev–Trinajstić information content (AvgIpc) is 3.10. The monoisotopic (exact) mass is 383 g/mol. The SMILES string of the molecule is CCCC(CCC)C(=O)N(CCO)c1noc(OCC/C=N/N=C(N)N)n1. The van der Waals surface area contributed by atoms with Gasteiger partial charge in [0.1, 0.15) is 0 Å². The van der Waals surface area contributed by atoms with Crippen molar-refractivity contribution in [2.75, 3.05) is 24.7 Å². The zero-order chi connectivity index (χ0) is 20.1. The topological polar surface area (TPSA) is 165 Å². The number of hydrogen-bond donors (Lipinski definition) is 3. The van der Waals surface area contributed by atoms with Gasteiger partial charge in [0, 0.05) is 18.6 Å². The van der Waals surface area contributed by atoms with E-state index in [1.807, 2.05) is 13.8 Å². The number of guanidine groups is 1. The van der Waals surface area contributed by atoms with Crippen molar-refractivity contribution in [1.29, 1.82) is 0 Å². The maximum absolute atomic E-state index is 12.8. The average molecular weight is 383 g/mol. The van der Waals surface area contributed by atoms with Gasteiger partial charge in [-0.15, -0.1) is 10.1 Å². The summed E-state index contributed by atoms with van der Waals surface area (Å²) in [5.74, 6) is -0.312. The number of nitrogens with two attached hydrogens (primary N) is 2. The molecule has 0 saturated heterocycles. The van der Waals surface area contributed by atoms with E-state index in [1.54, 1.807) is 0 Å². The molecule has 1 aromatic rings. The molecule has 0 unspecified atom stereocenters. The van der Waals surface area contributed by atoms with E-state index in [2.05, 4.69) is 20.3 Å². The van der Waals surface area contributed by atoms with Gasteiger partial charge in [-0.05, 0) is 18.0 Å². The number of aliphatic hydroxyl groups excluding tert-OH is 1. The smallest absolute Gasteiger partial charge is 0.418 e. The highest BCUT2D eigenvalue weighted by atomic mass is 16.6. The highest BCUT2D eigenvalue weighted by Crippen LogP contribution is 2.21. The highest BCUT2D eigenvalue weighted by molar-refractivity contribution is 5.93. The van der Waals surface area contributed by atoms with Gasteiger partial charge in [-0.1, -0.05) is 26.7 Å². The Morgan fingerprint density at radius 3 is 2.67 bits per heavy atom. The van der Waals surface area contributed by atoms with E-state index in [0.717, 1.165) is 25.7 Å². The Bertz CT molecular complexity index is 608. The molecule has 1 heterocycles. The number of aromatic nitrogens is 2. The number of nitrogens with zero attached hydrogens (tertiary/aromatic N) is 5. The molecule has 1 aromatic heterocycles. The zero-order valence-corrected chi connectivity index (χ0v) is 15.9. The molecular weight excluding hydrogens is 354 g/mol. The summed E-state index contributed by atoms with van der Waals surface area (Å²) in [5.41, 5.74) is 10.3. The van der Waals surface area contributed by atoms with Crippen LogP contribution in [-0.2, 0) is 4.79 Å². The van der Waals surface area contributed by atoms with Crippen LogP contribution in [0.25, 0.3) is 0 Å². The molecule has 27 heavy (non-hydrogen) atoms. The summed E-state index contributed by atoms with van der Waals surface area (Å²) in [5, 5.41) is 20.2. The van der Waals surface area contributed by atoms with Gasteiger partial charge in [0.25, 0.3) is 5.95 Å². The second kappa shape index (κ2) is 12.6. The van der Waals surface area contributed by atoms with Gasteiger partial charge in [-0.2, -0.15) is 5.10 Å². The van der Waals surface area contributed by atoms with E-state index in [-0.39, 0.29) is 49.6 Å². The van der Waals surface area contributed by atoms with Gasteiger partial charge in [0.15, 0.2) is 0 Å². The second-order valence-corrected chi connectivity index (χ2v) is 5.81. The summed E-state index contributed by atoms with van der Waals surface area (Å²) in [6.07, 6.45) is 5.15. The summed E-state index contributed by atoms with van der Waals surface area (Å²) in [6, 6.07) is 0. The third-order valence-electron chi connectivity index (χ3n) is 3.58. The Hall–Kier alpha value is -2.69. The summed E-state index contributed by atoms with van der Waals surface area (Å²) in [4.78, 5) is 18.2. The molecule has 1 amide bonds. The van der Waals surface area contributed by atoms with Crippen molar-refractivity contribution in [3.63, 3.8) is 0 Å². The Morgan fingerprint density at radius 1 is 1.37 bits per heavy atom. The number of aliphatic hydroxyl groups is 1. The molecule has 0 aliphatic heterocycles. The normalized spacial score (nSPS) is 11.1. The highest BCUT2D eigenvalue weighted by Gasteiger charge is 2.27. The largest absolute Gasteiger partial charge is 0.448 e. The van der Waals surface area contributed by atoms with Crippen LogP contribution in [0.15, 0.2) is 14.7 Å². The molecule has 11 heteroatoms. The van der Waals surface area contributed by atoms with Crippen LogP contribution in [0.2, 0.25) is 0 Å². The molecule has 1 rings (SSSR count). The van der Waals surface area contributed by atoms with Crippen molar-refractivity contribution in [3.05, 3.63) is 0 Å². The first-order chi connectivity index (χ1) is 13.0. The summed E-state index contributed by atoms with van der Waals surface area (Å²) >= 11 is 0. The third-order valence-corrected chi connectivity index (χ3v) is 3.58. The molecule has 0 spiro atoms. The molecule has 11 nitrogen and oxygen atoms in total. The standard InChI is InChI=1S/C16H29N7O4/c1-3-6-12(7-4-2)13(25)23(9-10-24)15-20-16(27-22-15)26-11-5-8-19-21-14(17)18/h8,12,24H,3-7,9-11H2,1-2H3,(H4,17,18,21)/b19-8+. The quantitative estimate of drug-likeness (QED) is 0.193. The fourth-order valence-corrected chi connectivity index (χ4v) is 2.45. The lowest BCUT2D eigenvalue weighted by molar-refractivity contribution is -0.123. The van der Waals surface area contributed by atoms with Gasteiger partial charge >= 0.3 is 6.08 Å². The Balaban J connectivity index is 2.70. The van der Waals surface area contributed by atoms with Crippen LogP contribution >= 0.6 is 0 Å². The predicted molar refractivity (Wildman–Crippen MR) is 101 cm³/mol. The predicted octanol–water partition coefficient (Wildman–Crippen LogP) is 0.639. The first-order valence-corrected chi connectivity index (χ1v) is 9.02. The number of carbonyl (C=O) groups excluding carboxylic acids is 1. The number of anilines is 1. The second-order valence-electron chi connectivity index (χ2n) is 5.81. The van der Waals surface area contributed by atoms with Crippen LogP contribution in [-0.4, -0.2) is 53.1 Å². The molecule has 0 aromatic carbocycles. The first-order valence-electron chi connectivity index (χ1n) is 9.02. The van der Waals surface area contributed by atoms with Crippen LogP contribution in [0.1, 0.15) is 46.0 Å². The lowest BCUT2D eigenvalue weighted by Crippen LogP contribution is -2.39. The van der Waals surface area contributed by atoms with Crippen LogP contribution < -0.4 is 21.1 Å². The molecule has 152 valence electrons. The van der Waals surface area contributed by atoms with Gasteiger partial charge < -0.3 is 21.3 Å². The molecular formula is C16H29N7O4. The van der Waals surface area contributed by atoms with Crippen molar-refractivity contribution in [2.24, 2.45) is 27.6 Å².